The summed E-state index contributed by atoms with van der Waals surface area (Å²) >= 11 is 6.19. The first-order valence-corrected chi connectivity index (χ1v) is 5.60. The molecule has 0 N–H and O–H groups in total. The molecule has 14 heavy (non-hydrogen) atoms. The molecule has 1 saturated carbocycles. The van der Waals surface area contributed by atoms with E-state index in [0.29, 0.717) is 17.2 Å². The standard InChI is InChI=1S/C10H16ClN3/c1-7-3-4-8(11)5-9(7)10-13-12-6-14(10)2/h6-9H,3-5H2,1-2H3. The van der Waals surface area contributed by atoms with Gasteiger partial charge >= 0.3 is 0 Å². The minimum Gasteiger partial charge on any atom is -0.320 e. The Morgan fingerprint density at radius 2 is 2.29 bits per heavy atom. The van der Waals surface area contributed by atoms with E-state index in [9.17, 15) is 0 Å². The molecule has 0 aromatic carbocycles. The van der Waals surface area contributed by atoms with Gasteiger partial charge in [0.2, 0.25) is 0 Å². The van der Waals surface area contributed by atoms with E-state index in [4.69, 9.17) is 11.6 Å². The molecule has 3 unspecified atom stereocenters. The Kier molecular flexibility index (Phi) is 2.77. The summed E-state index contributed by atoms with van der Waals surface area (Å²) < 4.78 is 2.01. The van der Waals surface area contributed by atoms with Gasteiger partial charge in [0.1, 0.15) is 12.2 Å². The second-order valence-corrected chi connectivity index (χ2v) is 4.91. The van der Waals surface area contributed by atoms with Gasteiger partial charge in [-0.15, -0.1) is 21.8 Å². The van der Waals surface area contributed by atoms with Gasteiger partial charge in [-0.2, -0.15) is 0 Å². The van der Waals surface area contributed by atoms with Gasteiger partial charge in [0.05, 0.1) is 0 Å². The quantitative estimate of drug-likeness (QED) is 0.671. The minimum atomic E-state index is 0.313. The van der Waals surface area contributed by atoms with Crippen LogP contribution >= 0.6 is 11.6 Å². The maximum atomic E-state index is 6.19. The number of aryl methyl sites for hydroxylation is 1. The van der Waals surface area contributed by atoms with E-state index in [2.05, 4.69) is 17.1 Å². The summed E-state index contributed by atoms with van der Waals surface area (Å²) in [5, 5.41) is 8.42. The molecule has 4 heteroatoms. The highest BCUT2D eigenvalue weighted by Gasteiger charge is 2.30. The third-order valence-electron chi connectivity index (χ3n) is 3.21. The van der Waals surface area contributed by atoms with Crippen LogP contribution in [0.2, 0.25) is 0 Å². The molecule has 3 nitrogen and oxygen atoms in total. The lowest BCUT2D eigenvalue weighted by Crippen LogP contribution is -2.24. The maximum Gasteiger partial charge on any atom is 0.135 e. The van der Waals surface area contributed by atoms with Gasteiger partial charge in [-0.3, -0.25) is 0 Å². The fraction of sp³-hybridized carbons (Fsp3) is 0.800. The molecule has 0 aliphatic heterocycles. The lowest BCUT2D eigenvalue weighted by Gasteiger charge is -2.30. The van der Waals surface area contributed by atoms with Crippen LogP contribution in [0.5, 0.6) is 0 Å². The van der Waals surface area contributed by atoms with Crippen molar-refractivity contribution in [1.82, 2.24) is 14.8 Å². The monoisotopic (exact) mass is 213 g/mol. The van der Waals surface area contributed by atoms with E-state index in [1.54, 1.807) is 6.33 Å². The van der Waals surface area contributed by atoms with Gasteiger partial charge < -0.3 is 4.57 Å². The highest BCUT2D eigenvalue weighted by Crippen LogP contribution is 2.38. The Hall–Kier alpha value is -0.570. The highest BCUT2D eigenvalue weighted by molar-refractivity contribution is 6.20. The van der Waals surface area contributed by atoms with Crippen LogP contribution in [0.1, 0.15) is 37.9 Å². The van der Waals surface area contributed by atoms with Crippen molar-refractivity contribution in [2.45, 2.75) is 37.5 Å². The van der Waals surface area contributed by atoms with Gasteiger partial charge in [-0.25, -0.2) is 0 Å². The number of nitrogens with zero attached hydrogens (tertiary/aromatic N) is 3. The Labute approximate surface area is 89.5 Å². The van der Waals surface area contributed by atoms with Gasteiger partial charge in [0, 0.05) is 18.3 Å². The molecule has 0 bridgehead atoms. The number of alkyl halides is 1. The molecule has 2 rings (SSSR count). The zero-order valence-corrected chi connectivity index (χ0v) is 9.41. The molecule has 0 amide bonds. The molecule has 0 saturated heterocycles. The van der Waals surface area contributed by atoms with Crippen molar-refractivity contribution in [3.05, 3.63) is 12.2 Å². The van der Waals surface area contributed by atoms with E-state index < -0.39 is 0 Å². The van der Waals surface area contributed by atoms with Crippen LogP contribution in [0.3, 0.4) is 0 Å². The number of hydrogen-bond donors (Lipinski definition) is 0. The Balaban J connectivity index is 2.20. The van der Waals surface area contributed by atoms with Gasteiger partial charge in [-0.05, 0) is 25.2 Å². The molecule has 1 aromatic heterocycles. The molecule has 0 radical (unpaired) electrons. The van der Waals surface area contributed by atoms with Crippen LogP contribution in [0.15, 0.2) is 6.33 Å². The zero-order chi connectivity index (χ0) is 10.1. The molecule has 1 fully saturated rings. The molecule has 1 aromatic rings. The van der Waals surface area contributed by atoms with Crippen molar-refractivity contribution in [3.8, 4) is 0 Å². The number of halogens is 1. The average Bonchev–Trinajstić information content (AvgIpc) is 2.56. The zero-order valence-electron chi connectivity index (χ0n) is 8.65. The minimum absolute atomic E-state index is 0.313. The molecule has 1 aliphatic carbocycles. The molecule has 3 atom stereocenters. The van der Waals surface area contributed by atoms with E-state index in [0.717, 1.165) is 18.7 Å². The number of hydrogen-bond acceptors (Lipinski definition) is 2. The largest absolute Gasteiger partial charge is 0.320 e. The van der Waals surface area contributed by atoms with Crippen molar-refractivity contribution in [2.24, 2.45) is 13.0 Å². The molecule has 78 valence electrons. The second kappa shape index (κ2) is 3.89. The molecule has 1 heterocycles. The predicted molar refractivity (Wildman–Crippen MR) is 56.4 cm³/mol. The van der Waals surface area contributed by atoms with Crippen molar-refractivity contribution in [2.75, 3.05) is 0 Å². The van der Waals surface area contributed by atoms with Crippen LogP contribution in [0, 0.1) is 5.92 Å². The Bertz CT molecular complexity index is 310. The summed E-state index contributed by atoms with van der Waals surface area (Å²) in [5.41, 5.74) is 0. The number of aromatic nitrogens is 3. The van der Waals surface area contributed by atoms with Crippen LogP contribution in [0.4, 0.5) is 0 Å². The first kappa shape index (κ1) is 9.97. The van der Waals surface area contributed by atoms with Crippen molar-refractivity contribution in [3.63, 3.8) is 0 Å². The van der Waals surface area contributed by atoms with Gasteiger partial charge in [0.25, 0.3) is 0 Å². The Morgan fingerprint density at radius 1 is 1.50 bits per heavy atom. The summed E-state index contributed by atoms with van der Waals surface area (Å²) in [7, 11) is 2.00. The lowest BCUT2D eigenvalue weighted by molar-refractivity contribution is 0.318. The van der Waals surface area contributed by atoms with Crippen molar-refractivity contribution < 1.29 is 0 Å². The van der Waals surface area contributed by atoms with Crippen LogP contribution in [-0.4, -0.2) is 20.1 Å². The summed E-state index contributed by atoms with van der Waals surface area (Å²) in [6.45, 7) is 2.28. The van der Waals surface area contributed by atoms with Crippen LogP contribution in [-0.2, 0) is 7.05 Å². The SMILES string of the molecule is CC1CCC(Cl)CC1c1nncn1C. The summed E-state index contributed by atoms with van der Waals surface area (Å²) in [6, 6.07) is 0. The van der Waals surface area contributed by atoms with Crippen LogP contribution < -0.4 is 0 Å². The van der Waals surface area contributed by atoms with E-state index in [1.165, 1.54) is 6.42 Å². The number of rotatable bonds is 1. The van der Waals surface area contributed by atoms with Gasteiger partial charge in [0.15, 0.2) is 0 Å². The topological polar surface area (TPSA) is 30.7 Å². The third kappa shape index (κ3) is 1.78. The van der Waals surface area contributed by atoms with E-state index >= 15 is 0 Å². The summed E-state index contributed by atoms with van der Waals surface area (Å²) in [5.74, 6) is 2.24. The normalized spacial score (nSPS) is 33.2. The van der Waals surface area contributed by atoms with Gasteiger partial charge in [-0.1, -0.05) is 6.92 Å². The first-order valence-electron chi connectivity index (χ1n) is 5.16. The molecule has 1 aliphatic rings. The second-order valence-electron chi connectivity index (χ2n) is 4.29. The summed E-state index contributed by atoms with van der Waals surface area (Å²) in [6.07, 6.45) is 5.14. The average molecular weight is 214 g/mol. The first-order chi connectivity index (χ1) is 6.68. The molecular weight excluding hydrogens is 198 g/mol. The fourth-order valence-corrected chi connectivity index (χ4v) is 2.58. The summed E-state index contributed by atoms with van der Waals surface area (Å²) in [4.78, 5) is 0. The van der Waals surface area contributed by atoms with E-state index in [1.807, 2.05) is 11.6 Å². The smallest absolute Gasteiger partial charge is 0.135 e. The molecular formula is C10H16ClN3. The molecule has 0 spiro atoms. The Morgan fingerprint density at radius 3 is 2.93 bits per heavy atom. The van der Waals surface area contributed by atoms with E-state index in [-0.39, 0.29) is 0 Å². The fourth-order valence-electron chi connectivity index (χ4n) is 2.26. The third-order valence-corrected chi connectivity index (χ3v) is 3.61. The highest BCUT2D eigenvalue weighted by atomic mass is 35.5. The maximum absolute atomic E-state index is 6.19. The van der Waals surface area contributed by atoms with Crippen molar-refractivity contribution >= 4 is 11.6 Å². The lowest BCUT2D eigenvalue weighted by atomic mass is 9.79. The van der Waals surface area contributed by atoms with Crippen LogP contribution in [0.25, 0.3) is 0 Å². The predicted octanol–water partition coefficient (Wildman–Crippen LogP) is 2.33. The van der Waals surface area contributed by atoms with Crippen molar-refractivity contribution in [1.29, 1.82) is 0 Å².